The molecule has 0 saturated carbocycles. The number of rotatable bonds is 5. The number of likely N-dealkylation sites (N-methyl/N-ethyl adjacent to an activating group) is 1. The Morgan fingerprint density at radius 3 is 2.28 bits per heavy atom. The molecule has 6 nitrogen and oxygen atoms in total. The standard InChI is InChI=1S/C23H29NO5/c1-4-14-6-8-15(9-7-14)11-17-12-16(10-5-13(17)2)21-19(26)18(25)20(27)22(29-21)23(28)24-3/h5-10,12,18-22,25-27H,4,11H2,1-3H3,(H,24,28)/t18-,19-,20+,21+,22?/m1/s1. The lowest BCUT2D eigenvalue weighted by Gasteiger charge is -2.40. The number of benzene rings is 2. The Bertz CT molecular complexity index is 851. The van der Waals surface area contributed by atoms with Crippen molar-refractivity contribution in [2.75, 3.05) is 7.05 Å². The second kappa shape index (κ2) is 9.05. The highest BCUT2D eigenvalue weighted by Gasteiger charge is 2.46. The van der Waals surface area contributed by atoms with Crippen LogP contribution in [0.15, 0.2) is 42.5 Å². The van der Waals surface area contributed by atoms with Gasteiger partial charge in [-0.2, -0.15) is 0 Å². The minimum absolute atomic E-state index is 0.545. The van der Waals surface area contributed by atoms with Gasteiger partial charge < -0.3 is 25.4 Å². The quantitative estimate of drug-likeness (QED) is 0.610. The largest absolute Gasteiger partial charge is 0.387 e. The number of aryl methyl sites for hydroxylation is 2. The van der Waals surface area contributed by atoms with E-state index in [9.17, 15) is 20.1 Å². The summed E-state index contributed by atoms with van der Waals surface area (Å²) in [6, 6.07) is 14.1. The fraction of sp³-hybridized carbons (Fsp3) is 0.435. The number of carbonyl (C=O) groups excluding carboxylic acids is 1. The van der Waals surface area contributed by atoms with Crippen LogP contribution in [0.25, 0.3) is 0 Å². The van der Waals surface area contributed by atoms with E-state index in [0.29, 0.717) is 5.56 Å². The van der Waals surface area contributed by atoms with Crippen LogP contribution in [-0.2, 0) is 22.4 Å². The van der Waals surface area contributed by atoms with E-state index < -0.39 is 36.4 Å². The average molecular weight is 399 g/mol. The maximum Gasteiger partial charge on any atom is 0.251 e. The minimum atomic E-state index is -1.50. The molecule has 1 amide bonds. The van der Waals surface area contributed by atoms with E-state index in [-0.39, 0.29) is 0 Å². The maximum atomic E-state index is 12.0. The van der Waals surface area contributed by atoms with E-state index in [1.54, 1.807) is 0 Å². The molecule has 1 saturated heterocycles. The highest BCUT2D eigenvalue weighted by molar-refractivity contribution is 5.81. The van der Waals surface area contributed by atoms with E-state index in [4.69, 9.17) is 4.74 Å². The lowest BCUT2D eigenvalue weighted by Crippen LogP contribution is -2.58. The van der Waals surface area contributed by atoms with Crippen LogP contribution < -0.4 is 5.32 Å². The summed E-state index contributed by atoms with van der Waals surface area (Å²) in [5, 5.41) is 33.2. The second-order valence-corrected chi connectivity index (χ2v) is 7.60. The van der Waals surface area contributed by atoms with Crippen molar-refractivity contribution in [3.05, 3.63) is 70.3 Å². The average Bonchev–Trinajstić information content (AvgIpc) is 2.74. The Hall–Kier alpha value is -2.25. The smallest absolute Gasteiger partial charge is 0.251 e. The third-order valence-electron chi connectivity index (χ3n) is 5.65. The SMILES string of the molecule is CCc1ccc(Cc2cc([C@@H]3OC(C(=O)NC)[C@@H](O)[C@H](O)[C@H]3O)ccc2C)cc1. The van der Waals surface area contributed by atoms with Gasteiger partial charge in [0.2, 0.25) is 0 Å². The van der Waals surface area contributed by atoms with Gasteiger partial charge in [-0.05, 0) is 47.6 Å². The highest BCUT2D eigenvalue weighted by Crippen LogP contribution is 2.33. The molecule has 2 aromatic carbocycles. The maximum absolute atomic E-state index is 12.0. The molecule has 29 heavy (non-hydrogen) atoms. The molecule has 3 rings (SSSR count). The number of hydrogen-bond donors (Lipinski definition) is 4. The molecule has 1 heterocycles. The van der Waals surface area contributed by atoms with Gasteiger partial charge in [-0.25, -0.2) is 0 Å². The molecule has 0 aromatic heterocycles. The van der Waals surface area contributed by atoms with Crippen LogP contribution >= 0.6 is 0 Å². The minimum Gasteiger partial charge on any atom is -0.387 e. The van der Waals surface area contributed by atoms with Crippen LogP contribution in [0, 0.1) is 6.92 Å². The molecule has 156 valence electrons. The fourth-order valence-electron chi connectivity index (χ4n) is 3.69. The van der Waals surface area contributed by atoms with Crippen LogP contribution in [0.3, 0.4) is 0 Å². The lowest BCUT2D eigenvalue weighted by atomic mass is 9.88. The molecule has 0 bridgehead atoms. The molecule has 0 spiro atoms. The van der Waals surface area contributed by atoms with Crippen molar-refractivity contribution in [3.8, 4) is 0 Å². The summed E-state index contributed by atoms with van der Waals surface area (Å²) in [5.74, 6) is -0.545. The first-order valence-corrected chi connectivity index (χ1v) is 9.94. The Morgan fingerprint density at radius 2 is 1.66 bits per heavy atom. The summed E-state index contributed by atoms with van der Waals surface area (Å²) in [6.45, 7) is 4.14. The van der Waals surface area contributed by atoms with Gasteiger partial charge in [0.15, 0.2) is 6.10 Å². The van der Waals surface area contributed by atoms with Crippen molar-refractivity contribution < 1.29 is 24.9 Å². The van der Waals surface area contributed by atoms with Crippen molar-refractivity contribution in [2.45, 2.75) is 57.2 Å². The normalized spacial score (nSPS) is 26.9. The third kappa shape index (κ3) is 4.51. The van der Waals surface area contributed by atoms with E-state index in [0.717, 1.165) is 24.0 Å². The van der Waals surface area contributed by atoms with Gasteiger partial charge in [-0.3, -0.25) is 4.79 Å². The van der Waals surface area contributed by atoms with Crippen molar-refractivity contribution in [1.29, 1.82) is 0 Å². The van der Waals surface area contributed by atoms with Gasteiger partial charge in [-0.15, -0.1) is 0 Å². The molecule has 0 radical (unpaired) electrons. The highest BCUT2D eigenvalue weighted by atomic mass is 16.5. The van der Waals surface area contributed by atoms with Gasteiger partial charge in [0.1, 0.15) is 24.4 Å². The van der Waals surface area contributed by atoms with Crippen LogP contribution in [-0.4, -0.2) is 52.7 Å². The number of nitrogens with one attached hydrogen (secondary N) is 1. The molecule has 1 unspecified atom stereocenters. The Kier molecular flexibility index (Phi) is 6.70. The van der Waals surface area contributed by atoms with Crippen molar-refractivity contribution in [2.24, 2.45) is 0 Å². The van der Waals surface area contributed by atoms with Gasteiger partial charge >= 0.3 is 0 Å². The molecule has 4 N–H and O–H groups in total. The molecular formula is C23H29NO5. The van der Waals surface area contributed by atoms with Gasteiger partial charge in [0.05, 0.1) is 0 Å². The van der Waals surface area contributed by atoms with E-state index in [2.05, 4.69) is 36.5 Å². The van der Waals surface area contributed by atoms with Crippen LogP contribution in [0.5, 0.6) is 0 Å². The summed E-state index contributed by atoms with van der Waals surface area (Å²) in [4.78, 5) is 12.0. The van der Waals surface area contributed by atoms with Gasteiger partial charge in [0.25, 0.3) is 5.91 Å². The topological polar surface area (TPSA) is 99.0 Å². The number of carbonyl (C=O) groups is 1. The summed E-state index contributed by atoms with van der Waals surface area (Å²) >= 11 is 0. The summed E-state index contributed by atoms with van der Waals surface area (Å²) in [6.07, 6.45) is -4.79. The zero-order valence-corrected chi connectivity index (χ0v) is 17.0. The molecule has 5 atom stereocenters. The molecule has 6 heteroatoms. The predicted molar refractivity (Wildman–Crippen MR) is 110 cm³/mol. The van der Waals surface area contributed by atoms with Crippen molar-refractivity contribution in [3.63, 3.8) is 0 Å². The van der Waals surface area contributed by atoms with Crippen molar-refractivity contribution >= 4 is 5.91 Å². The Morgan fingerprint density at radius 1 is 1.00 bits per heavy atom. The molecule has 1 aliphatic rings. The van der Waals surface area contributed by atoms with E-state index in [1.165, 1.54) is 18.2 Å². The molecule has 0 aliphatic carbocycles. The second-order valence-electron chi connectivity index (χ2n) is 7.60. The van der Waals surface area contributed by atoms with Crippen LogP contribution in [0.4, 0.5) is 0 Å². The number of aliphatic hydroxyl groups is 3. The Balaban J connectivity index is 1.87. The number of aliphatic hydroxyl groups excluding tert-OH is 3. The van der Waals surface area contributed by atoms with Gasteiger partial charge in [-0.1, -0.05) is 49.4 Å². The third-order valence-corrected chi connectivity index (χ3v) is 5.65. The first-order chi connectivity index (χ1) is 13.8. The molecule has 1 aliphatic heterocycles. The number of hydrogen-bond acceptors (Lipinski definition) is 5. The lowest BCUT2D eigenvalue weighted by molar-refractivity contribution is -0.222. The monoisotopic (exact) mass is 399 g/mol. The van der Waals surface area contributed by atoms with E-state index in [1.807, 2.05) is 25.1 Å². The predicted octanol–water partition coefficient (Wildman–Crippen LogP) is 1.42. The first kappa shape index (κ1) is 21.5. The molecule has 2 aromatic rings. The zero-order chi connectivity index (χ0) is 21.1. The first-order valence-electron chi connectivity index (χ1n) is 9.94. The fourth-order valence-corrected chi connectivity index (χ4v) is 3.69. The Labute approximate surface area is 171 Å². The van der Waals surface area contributed by atoms with Crippen molar-refractivity contribution in [1.82, 2.24) is 5.32 Å². The molecule has 1 fully saturated rings. The number of ether oxygens (including phenoxy) is 1. The molecular weight excluding hydrogens is 370 g/mol. The van der Waals surface area contributed by atoms with Crippen LogP contribution in [0.2, 0.25) is 0 Å². The summed E-state index contributed by atoms with van der Waals surface area (Å²) in [5.41, 5.74) is 5.28. The number of amides is 1. The van der Waals surface area contributed by atoms with Gasteiger partial charge in [0, 0.05) is 7.05 Å². The zero-order valence-electron chi connectivity index (χ0n) is 17.0. The summed E-state index contributed by atoms with van der Waals surface area (Å²) in [7, 11) is 1.43. The summed E-state index contributed by atoms with van der Waals surface area (Å²) < 4.78 is 5.72. The van der Waals surface area contributed by atoms with E-state index >= 15 is 0 Å². The van der Waals surface area contributed by atoms with Crippen LogP contribution in [0.1, 0.15) is 40.8 Å².